The molecule has 35 heavy (non-hydrogen) atoms. The van der Waals surface area contributed by atoms with Crippen molar-refractivity contribution in [2.75, 3.05) is 36.1 Å². The van der Waals surface area contributed by atoms with Gasteiger partial charge in [-0.2, -0.15) is 15.0 Å². The highest BCUT2D eigenvalue weighted by Gasteiger charge is 2.23. The van der Waals surface area contributed by atoms with Crippen molar-refractivity contribution in [3.63, 3.8) is 0 Å². The molecule has 5 rings (SSSR count). The van der Waals surface area contributed by atoms with Crippen LogP contribution in [0.1, 0.15) is 24.2 Å². The Balaban J connectivity index is 1.40. The van der Waals surface area contributed by atoms with Gasteiger partial charge in [-0.15, -0.1) is 10.2 Å². The first-order chi connectivity index (χ1) is 17.1. The van der Waals surface area contributed by atoms with Gasteiger partial charge in [0.2, 0.25) is 17.8 Å². The molecule has 1 fully saturated rings. The minimum absolute atomic E-state index is 0.144. The molecule has 11 heteroatoms. The Hall–Kier alpha value is -3.86. The molecule has 0 spiro atoms. The summed E-state index contributed by atoms with van der Waals surface area (Å²) in [6, 6.07) is 15.9. The number of aryl methyl sites for hydroxylation is 1. The van der Waals surface area contributed by atoms with Crippen LogP contribution < -0.4 is 20.7 Å². The molecule has 4 aromatic rings. The van der Waals surface area contributed by atoms with Gasteiger partial charge in [-0.05, 0) is 44.0 Å². The summed E-state index contributed by atoms with van der Waals surface area (Å²) in [7, 11) is 1.62. The van der Waals surface area contributed by atoms with Crippen LogP contribution in [0, 0.1) is 6.92 Å². The van der Waals surface area contributed by atoms with Gasteiger partial charge in [0.05, 0.1) is 24.2 Å². The lowest BCUT2D eigenvalue weighted by Crippen LogP contribution is -2.22. The number of para-hydroxylation sites is 2. The van der Waals surface area contributed by atoms with Crippen molar-refractivity contribution in [2.45, 2.75) is 30.7 Å². The van der Waals surface area contributed by atoms with E-state index in [9.17, 15) is 0 Å². The summed E-state index contributed by atoms with van der Waals surface area (Å²) in [6.45, 7) is 4.04. The van der Waals surface area contributed by atoms with E-state index in [1.165, 1.54) is 17.3 Å². The van der Waals surface area contributed by atoms with Crippen LogP contribution >= 0.6 is 11.8 Å². The van der Waals surface area contributed by atoms with Crippen LogP contribution in [0.5, 0.6) is 5.75 Å². The highest BCUT2D eigenvalue weighted by atomic mass is 32.2. The van der Waals surface area contributed by atoms with Gasteiger partial charge < -0.3 is 20.7 Å². The van der Waals surface area contributed by atoms with E-state index >= 15 is 0 Å². The first kappa shape index (κ1) is 22.9. The Labute approximate surface area is 208 Å². The van der Waals surface area contributed by atoms with E-state index in [0.717, 1.165) is 48.4 Å². The van der Waals surface area contributed by atoms with E-state index in [2.05, 4.69) is 71.1 Å². The quantitative estimate of drug-likeness (QED) is 0.352. The number of methoxy groups -OCH3 is 1. The van der Waals surface area contributed by atoms with Gasteiger partial charge in [0.1, 0.15) is 11.6 Å². The lowest BCUT2D eigenvalue weighted by molar-refractivity contribution is 0.417. The molecule has 2 aromatic carbocycles. The molecule has 0 atom stereocenters. The molecule has 3 heterocycles. The second kappa shape index (κ2) is 10.2. The van der Waals surface area contributed by atoms with E-state index in [1.807, 2.05) is 24.3 Å². The number of aromatic nitrogens is 6. The smallest absolute Gasteiger partial charge is 0.232 e. The molecular weight excluding hydrogens is 462 g/mol. The number of nitrogens with zero attached hydrogens (tertiary/aromatic N) is 7. The van der Waals surface area contributed by atoms with Crippen molar-refractivity contribution < 1.29 is 4.74 Å². The van der Waals surface area contributed by atoms with E-state index < -0.39 is 0 Å². The van der Waals surface area contributed by atoms with Crippen molar-refractivity contribution in [1.82, 2.24) is 29.7 Å². The molecule has 0 radical (unpaired) electrons. The molecule has 180 valence electrons. The third-order valence-corrected chi connectivity index (χ3v) is 6.61. The monoisotopic (exact) mass is 489 g/mol. The highest BCUT2D eigenvalue weighted by molar-refractivity contribution is 7.98. The topological polar surface area (TPSA) is 120 Å². The van der Waals surface area contributed by atoms with E-state index in [-0.39, 0.29) is 5.95 Å². The van der Waals surface area contributed by atoms with Crippen molar-refractivity contribution in [3.8, 4) is 11.4 Å². The summed E-state index contributed by atoms with van der Waals surface area (Å²) in [5.74, 6) is 3.05. The van der Waals surface area contributed by atoms with Crippen LogP contribution in [0.3, 0.4) is 0 Å². The largest absolute Gasteiger partial charge is 0.495 e. The number of hydrogen-bond acceptors (Lipinski definition) is 10. The van der Waals surface area contributed by atoms with Gasteiger partial charge in [0.15, 0.2) is 5.16 Å². The summed E-state index contributed by atoms with van der Waals surface area (Å²) in [6.07, 6.45) is 2.32. The Morgan fingerprint density at radius 2 is 1.77 bits per heavy atom. The predicted octanol–water partition coefficient (Wildman–Crippen LogP) is 3.99. The van der Waals surface area contributed by atoms with Crippen molar-refractivity contribution in [3.05, 3.63) is 59.9 Å². The summed E-state index contributed by atoms with van der Waals surface area (Å²) < 4.78 is 7.50. The summed E-state index contributed by atoms with van der Waals surface area (Å²) in [4.78, 5) is 15.4. The number of nitrogen functional groups attached to an aromatic ring is 1. The first-order valence-corrected chi connectivity index (χ1v) is 12.4. The standard InChI is InChI=1S/C24H27N9OS/c1-16-9-11-17(12-10-16)33-23(32-13-5-6-14-32)30-31-24(33)35-15-20-27-21(25)29-22(28-20)26-18-7-3-4-8-19(18)34-2/h3-4,7-12H,5-6,13-15H2,1-2H3,(H3,25,26,27,28,29). The number of anilines is 4. The van der Waals surface area contributed by atoms with E-state index in [1.54, 1.807) is 7.11 Å². The first-order valence-electron chi connectivity index (χ1n) is 11.4. The zero-order valence-electron chi connectivity index (χ0n) is 19.7. The number of ether oxygens (including phenoxy) is 1. The lowest BCUT2D eigenvalue weighted by Gasteiger charge is -2.18. The average Bonchev–Trinajstić information content (AvgIpc) is 3.53. The zero-order valence-corrected chi connectivity index (χ0v) is 20.5. The molecule has 0 aliphatic carbocycles. The van der Waals surface area contributed by atoms with Gasteiger partial charge in [0.25, 0.3) is 0 Å². The molecule has 0 saturated carbocycles. The number of nitrogens with two attached hydrogens (primary N) is 1. The lowest BCUT2D eigenvalue weighted by atomic mass is 10.2. The second-order valence-corrected chi connectivity index (χ2v) is 9.14. The fourth-order valence-corrected chi connectivity index (χ4v) is 4.76. The third kappa shape index (κ3) is 5.14. The maximum atomic E-state index is 5.99. The minimum atomic E-state index is 0.144. The van der Waals surface area contributed by atoms with Crippen LogP contribution in [0.25, 0.3) is 5.69 Å². The maximum Gasteiger partial charge on any atom is 0.232 e. The molecule has 0 unspecified atom stereocenters. The van der Waals surface area contributed by atoms with E-state index in [0.29, 0.717) is 23.3 Å². The average molecular weight is 490 g/mol. The number of benzene rings is 2. The van der Waals surface area contributed by atoms with Crippen LogP contribution in [-0.2, 0) is 5.75 Å². The normalized spacial score (nSPS) is 13.3. The minimum Gasteiger partial charge on any atom is -0.495 e. The fraction of sp³-hybridized carbons (Fsp3) is 0.292. The van der Waals surface area contributed by atoms with E-state index in [4.69, 9.17) is 10.5 Å². The predicted molar refractivity (Wildman–Crippen MR) is 138 cm³/mol. The molecule has 1 aliphatic heterocycles. The molecule has 10 nitrogen and oxygen atoms in total. The summed E-state index contributed by atoms with van der Waals surface area (Å²) in [5, 5.41) is 13.0. The maximum absolute atomic E-state index is 5.99. The van der Waals surface area contributed by atoms with Crippen LogP contribution in [0.15, 0.2) is 53.7 Å². The molecule has 1 aliphatic rings. The molecule has 0 amide bonds. The van der Waals surface area contributed by atoms with Gasteiger partial charge in [0, 0.05) is 13.1 Å². The Morgan fingerprint density at radius 1 is 1.00 bits per heavy atom. The number of hydrogen-bond donors (Lipinski definition) is 2. The highest BCUT2D eigenvalue weighted by Crippen LogP contribution is 2.31. The van der Waals surface area contributed by atoms with Crippen molar-refractivity contribution >= 4 is 35.3 Å². The van der Waals surface area contributed by atoms with Gasteiger partial charge in [-0.1, -0.05) is 41.6 Å². The molecule has 2 aromatic heterocycles. The van der Waals surface area contributed by atoms with Crippen LogP contribution in [-0.4, -0.2) is 49.9 Å². The van der Waals surface area contributed by atoms with Gasteiger partial charge in [-0.3, -0.25) is 4.57 Å². The van der Waals surface area contributed by atoms with Crippen LogP contribution in [0.4, 0.5) is 23.5 Å². The number of nitrogens with one attached hydrogen (secondary N) is 1. The number of rotatable bonds is 8. The molecule has 3 N–H and O–H groups in total. The van der Waals surface area contributed by atoms with Gasteiger partial charge in [-0.25, -0.2) is 0 Å². The van der Waals surface area contributed by atoms with Crippen molar-refractivity contribution in [2.24, 2.45) is 0 Å². The SMILES string of the molecule is COc1ccccc1Nc1nc(N)nc(CSc2nnc(N3CCCC3)n2-c2ccc(C)cc2)n1. The molecule has 1 saturated heterocycles. The summed E-state index contributed by atoms with van der Waals surface area (Å²) in [5.41, 5.74) is 8.97. The van der Waals surface area contributed by atoms with Crippen LogP contribution in [0.2, 0.25) is 0 Å². The Kier molecular flexibility index (Phi) is 6.66. The number of thioether (sulfide) groups is 1. The Bertz CT molecular complexity index is 1300. The molecular formula is C24H27N9OS. The Morgan fingerprint density at radius 3 is 2.54 bits per heavy atom. The zero-order chi connectivity index (χ0) is 24.2. The fourth-order valence-electron chi connectivity index (χ4n) is 3.95. The van der Waals surface area contributed by atoms with Crippen molar-refractivity contribution in [1.29, 1.82) is 0 Å². The molecule has 0 bridgehead atoms. The van der Waals surface area contributed by atoms with Gasteiger partial charge >= 0.3 is 0 Å². The second-order valence-electron chi connectivity index (χ2n) is 8.20. The third-order valence-electron chi connectivity index (χ3n) is 5.68. The summed E-state index contributed by atoms with van der Waals surface area (Å²) >= 11 is 1.51.